The number of nitrogens with zero attached hydrogens (tertiary/aromatic N) is 1. The van der Waals surface area contributed by atoms with E-state index >= 15 is 0 Å². The molecule has 4 rings (SSSR count). The summed E-state index contributed by atoms with van der Waals surface area (Å²) in [5.41, 5.74) is 2.36. The summed E-state index contributed by atoms with van der Waals surface area (Å²) < 4.78 is 11.8. The molecule has 0 bridgehead atoms. The maximum atomic E-state index is 9.65. The number of halogens is 2. The van der Waals surface area contributed by atoms with Gasteiger partial charge in [0.1, 0.15) is 11.5 Å². The maximum Gasteiger partial charge on any atom is 0.145 e. The average Bonchev–Trinajstić information content (AvgIpc) is 3.36. The molecule has 0 saturated heterocycles. The minimum atomic E-state index is -0.185. The minimum absolute atomic E-state index is 0.167. The van der Waals surface area contributed by atoms with Crippen LogP contribution in [0.25, 0.3) is 11.3 Å². The van der Waals surface area contributed by atoms with Gasteiger partial charge in [-0.15, -0.1) is 0 Å². The van der Waals surface area contributed by atoms with E-state index in [1.54, 1.807) is 12.1 Å². The van der Waals surface area contributed by atoms with Crippen molar-refractivity contribution in [3.8, 4) is 11.3 Å². The van der Waals surface area contributed by atoms with Gasteiger partial charge in [-0.3, -0.25) is 0 Å². The normalized spacial score (nSPS) is 23.8. The lowest BCUT2D eigenvalue weighted by Gasteiger charge is -2.25. The van der Waals surface area contributed by atoms with Gasteiger partial charge in [-0.05, 0) is 50.7 Å². The van der Waals surface area contributed by atoms with Gasteiger partial charge in [0.15, 0.2) is 0 Å². The van der Waals surface area contributed by atoms with Crippen LogP contribution in [0, 0.1) is 0 Å². The lowest BCUT2D eigenvalue weighted by atomic mass is 9.95. The van der Waals surface area contributed by atoms with E-state index in [0.29, 0.717) is 33.8 Å². The molecule has 2 saturated carbocycles. The molecule has 2 fully saturated rings. The highest BCUT2D eigenvalue weighted by Crippen LogP contribution is 2.46. The molecular formula is C19H21Cl2NO3. The number of hydrogen-bond donors (Lipinski definition) is 1. The van der Waals surface area contributed by atoms with Crippen LogP contribution in [0.3, 0.4) is 0 Å². The molecule has 0 amide bonds. The highest BCUT2D eigenvalue weighted by atomic mass is 35.5. The fourth-order valence-corrected chi connectivity index (χ4v) is 4.04. The third-order valence-corrected chi connectivity index (χ3v) is 5.70. The Hall–Kier alpha value is -1.07. The Morgan fingerprint density at radius 1 is 1.08 bits per heavy atom. The Morgan fingerprint density at radius 2 is 1.76 bits per heavy atom. The van der Waals surface area contributed by atoms with Crippen molar-refractivity contribution in [3.05, 3.63) is 39.6 Å². The molecule has 1 N–H and O–H groups in total. The van der Waals surface area contributed by atoms with E-state index in [1.165, 1.54) is 0 Å². The van der Waals surface area contributed by atoms with Crippen LogP contribution < -0.4 is 0 Å². The summed E-state index contributed by atoms with van der Waals surface area (Å²) in [7, 11) is 0. The Labute approximate surface area is 157 Å². The van der Waals surface area contributed by atoms with Crippen molar-refractivity contribution in [2.45, 2.75) is 63.3 Å². The third-order valence-electron chi connectivity index (χ3n) is 5.07. The minimum Gasteiger partial charge on any atom is -0.393 e. The van der Waals surface area contributed by atoms with Gasteiger partial charge < -0.3 is 14.4 Å². The molecule has 1 aromatic heterocycles. The fourth-order valence-electron chi connectivity index (χ4n) is 3.46. The largest absolute Gasteiger partial charge is 0.393 e. The Bertz CT molecular complexity index is 729. The highest BCUT2D eigenvalue weighted by molar-refractivity contribution is 6.39. The Balaban J connectivity index is 1.60. The second-order valence-electron chi connectivity index (χ2n) is 6.99. The lowest BCUT2D eigenvalue weighted by molar-refractivity contribution is -0.0121. The molecular weight excluding hydrogens is 361 g/mol. The maximum absolute atomic E-state index is 9.65. The van der Waals surface area contributed by atoms with E-state index in [4.69, 9.17) is 32.5 Å². The third kappa shape index (κ3) is 3.72. The summed E-state index contributed by atoms with van der Waals surface area (Å²) in [6, 6.07) is 5.43. The molecule has 0 unspecified atom stereocenters. The molecule has 0 spiro atoms. The topological polar surface area (TPSA) is 55.5 Å². The van der Waals surface area contributed by atoms with Gasteiger partial charge in [-0.2, -0.15) is 0 Å². The molecule has 25 heavy (non-hydrogen) atoms. The molecule has 134 valence electrons. The van der Waals surface area contributed by atoms with Crippen molar-refractivity contribution < 1.29 is 14.4 Å². The van der Waals surface area contributed by atoms with Crippen LogP contribution in [0.1, 0.15) is 55.8 Å². The van der Waals surface area contributed by atoms with Gasteiger partial charge >= 0.3 is 0 Å². The summed E-state index contributed by atoms with van der Waals surface area (Å²) in [4.78, 5) is 0. The number of aromatic nitrogens is 1. The molecule has 4 nitrogen and oxygen atoms in total. The van der Waals surface area contributed by atoms with Crippen molar-refractivity contribution in [3.63, 3.8) is 0 Å². The van der Waals surface area contributed by atoms with Crippen LogP contribution in [0.4, 0.5) is 0 Å². The number of aliphatic hydroxyl groups excluding tert-OH is 1. The molecule has 1 aromatic carbocycles. The first kappa shape index (κ1) is 17.3. The highest BCUT2D eigenvalue weighted by Gasteiger charge is 2.34. The van der Waals surface area contributed by atoms with Gasteiger partial charge in [-0.1, -0.05) is 34.4 Å². The van der Waals surface area contributed by atoms with Crippen LogP contribution in [-0.2, 0) is 11.3 Å². The summed E-state index contributed by atoms with van der Waals surface area (Å²) in [6.45, 7) is 0.437. The summed E-state index contributed by atoms with van der Waals surface area (Å²) in [5.74, 6) is 1.33. The molecule has 2 aliphatic carbocycles. The molecule has 0 radical (unpaired) electrons. The number of benzene rings is 1. The first-order valence-electron chi connectivity index (χ1n) is 8.86. The van der Waals surface area contributed by atoms with Gasteiger partial charge in [0, 0.05) is 17.0 Å². The Kier molecular flexibility index (Phi) is 5.05. The van der Waals surface area contributed by atoms with Gasteiger partial charge in [-0.25, -0.2) is 0 Å². The quantitative estimate of drug-likeness (QED) is 0.758. The van der Waals surface area contributed by atoms with E-state index in [9.17, 15) is 5.11 Å². The monoisotopic (exact) mass is 381 g/mol. The average molecular weight is 382 g/mol. The smallest absolute Gasteiger partial charge is 0.145 e. The second-order valence-corrected chi connectivity index (χ2v) is 7.80. The predicted molar refractivity (Wildman–Crippen MR) is 97.0 cm³/mol. The summed E-state index contributed by atoms with van der Waals surface area (Å²) >= 11 is 12.7. The van der Waals surface area contributed by atoms with Crippen LogP contribution in [-0.4, -0.2) is 22.5 Å². The van der Waals surface area contributed by atoms with Crippen molar-refractivity contribution in [1.29, 1.82) is 0 Å². The molecule has 2 aliphatic rings. The van der Waals surface area contributed by atoms with Crippen LogP contribution in [0.15, 0.2) is 22.7 Å². The van der Waals surface area contributed by atoms with Crippen molar-refractivity contribution in [2.24, 2.45) is 0 Å². The standard InChI is InChI=1S/C19H21Cl2NO3/c20-15-2-1-3-16(21)17(15)18-14(19(25-22-18)11-4-5-11)10-24-13-8-6-12(23)7-9-13/h1-3,11-13,23H,4-10H2. The van der Waals surface area contributed by atoms with E-state index in [0.717, 1.165) is 49.8 Å². The fraction of sp³-hybridized carbons (Fsp3) is 0.526. The molecule has 2 aromatic rings. The van der Waals surface area contributed by atoms with Crippen molar-refractivity contribution >= 4 is 23.2 Å². The SMILES string of the molecule is OC1CCC(OCc2c(-c3c(Cl)cccc3Cl)noc2C2CC2)CC1. The lowest BCUT2D eigenvalue weighted by Crippen LogP contribution is -2.24. The number of ether oxygens (including phenoxy) is 1. The molecule has 0 atom stereocenters. The predicted octanol–water partition coefficient (Wildman–Crippen LogP) is 5.35. The van der Waals surface area contributed by atoms with Crippen LogP contribution in [0.2, 0.25) is 10.0 Å². The summed E-state index contributed by atoms with van der Waals surface area (Å²) in [5, 5.41) is 15.1. The van der Waals surface area contributed by atoms with E-state index < -0.39 is 0 Å². The van der Waals surface area contributed by atoms with Gasteiger partial charge in [0.05, 0.1) is 28.9 Å². The van der Waals surface area contributed by atoms with E-state index in [-0.39, 0.29) is 12.2 Å². The first-order valence-corrected chi connectivity index (χ1v) is 9.61. The first-order chi connectivity index (χ1) is 12.1. The number of rotatable bonds is 5. The zero-order valence-electron chi connectivity index (χ0n) is 13.9. The number of aliphatic hydroxyl groups is 1. The number of hydrogen-bond acceptors (Lipinski definition) is 4. The van der Waals surface area contributed by atoms with Gasteiger partial charge in [0.2, 0.25) is 0 Å². The molecule has 6 heteroatoms. The summed E-state index contributed by atoms with van der Waals surface area (Å²) in [6.07, 6.45) is 5.58. The van der Waals surface area contributed by atoms with Crippen LogP contribution >= 0.6 is 23.2 Å². The van der Waals surface area contributed by atoms with Gasteiger partial charge in [0.25, 0.3) is 0 Å². The van der Waals surface area contributed by atoms with Crippen LogP contribution in [0.5, 0.6) is 0 Å². The second kappa shape index (κ2) is 7.28. The van der Waals surface area contributed by atoms with Crippen molar-refractivity contribution in [1.82, 2.24) is 5.16 Å². The molecule has 1 heterocycles. The van der Waals surface area contributed by atoms with E-state index in [1.807, 2.05) is 6.07 Å². The zero-order valence-corrected chi connectivity index (χ0v) is 15.4. The van der Waals surface area contributed by atoms with Crippen molar-refractivity contribution in [2.75, 3.05) is 0 Å². The molecule has 0 aliphatic heterocycles. The Morgan fingerprint density at radius 3 is 2.40 bits per heavy atom. The van der Waals surface area contributed by atoms with E-state index in [2.05, 4.69) is 5.16 Å². The zero-order chi connectivity index (χ0) is 17.4.